The van der Waals surface area contributed by atoms with Gasteiger partial charge in [-0.25, -0.2) is 9.97 Å². The molecule has 2 heterocycles. The van der Waals surface area contributed by atoms with Crippen molar-refractivity contribution in [1.29, 1.82) is 0 Å². The molecule has 1 aromatic rings. The Hall–Kier alpha value is -1.16. The van der Waals surface area contributed by atoms with Gasteiger partial charge < -0.3 is 9.47 Å². The summed E-state index contributed by atoms with van der Waals surface area (Å²) in [4.78, 5) is 8.20. The van der Waals surface area contributed by atoms with Gasteiger partial charge in [0.2, 0.25) is 0 Å². The molecule has 1 aliphatic heterocycles. The van der Waals surface area contributed by atoms with E-state index in [1.54, 1.807) is 12.4 Å². The maximum atomic E-state index is 5.61. The van der Waals surface area contributed by atoms with Gasteiger partial charge in [-0.2, -0.15) is 0 Å². The minimum atomic E-state index is 0.214. The summed E-state index contributed by atoms with van der Waals surface area (Å²) in [6.07, 6.45) is 5.60. The van der Waals surface area contributed by atoms with Gasteiger partial charge in [-0.05, 0) is 12.5 Å². The number of hydrogen-bond donors (Lipinski definition) is 0. The summed E-state index contributed by atoms with van der Waals surface area (Å²) in [6, 6.07) is 0.475. The van der Waals surface area contributed by atoms with Gasteiger partial charge in [0.25, 0.3) is 0 Å². The quantitative estimate of drug-likeness (QED) is 0.712. The molecule has 0 spiro atoms. The predicted octanol–water partition coefficient (Wildman–Crippen LogP) is 1.34. The third-order valence-electron chi connectivity index (χ3n) is 2.20. The number of hydrogen-bond acceptors (Lipinski definition) is 4. The zero-order valence-electron chi connectivity index (χ0n) is 8.27. The minimum Gasteiger partial charge on any atom is -0.460 e. The van der Waals surface area contributed by atoms with Crippen molar-refractivity contribution in [2.24, 2.45) is 0 Å². The van der Waals surface area contributed by atoms with E-state index in [4.69, 9.17) is 9.47 Å². The molecule has 0 atom stereocenters. The highest BCUT2D eigenvalue weighted by Gasteiger charge is 2.15. The van der Waals surface area contributed by atoms with Crippen LogP contribution < -0.4 is 4.74 Å². The lowest BCUT2D eigenvalue weighted by molar-refractivity contribution is 0.0217. The monoisotopic (exact) mass is 194 g/mol. The minimum absolute atomic E-state index is 0.214. The van der Waals surface area contributed by atoms with E-state index in [9.17, 15) is 0 Å². The first-order valence-corrected chi connectivity index (χ1v) is 4.87. The van der Waals surface area contributed by atoms with Crippen LogP contribution in [0.3, 0.4) is 0 Å². The Balaban J connectivity index is 1.92. The van der Waals surface area contributed by atoms with Gasteiger partial charge in [-0.1, -0.05) is 0 Å². The van der Waals surface area contributed by atoms with Crippen molar-refractivity contribution < 1.29 is 9.47 Å². The lowest BCUT2D eigenvalue weighted by Crippen LogP contribution is -2.26. The topological polar surface area (TPSA) is 44.2 Å². The van der Waals surface area contributed by atoms with Crippen LogP contribution in [0, 0.1) is 6.92 Å². The SMILES string of the molecule is Cc1cnc(OC2CCOCC2)nc1. The molecule has 0 aromatic carbocycles. The first-order valence-electron chi connectivity index (χ1n) is 4.87. The zero-order valence-corrected chi connectivity index (χ0v) is 8.27. The van der Waals surface area contributed by atoms with Gasteiger partial charge in [-0.3, -0.25) is 0 Å². The Bertz CT molecular complexity index is 281. The largest absolute Gasteiger partial charge is 0.460 e. The van der Waals surface area contributed by atoms with Crippen LogP contribution in [0.4, 0.5) is 0 Å². The highest BCUT2D eigenvalue weighted by Crippen LogP contribution is 2.13. The Morgan fingerprint density at radius 2 is 1.93 bits per heavy atom. The highest BCUT2D eigenvalue weighted by molar-refractivity contribution is 5.04. The molecule has 0 amide bonds. The van der Waals surface area contributed by atoms with E-state index < -0.39 is 0 Å². The Labute approximate surface area is 83.3 Å². The van der Waals surface area contributed by atoms with Crippen LogP contribution in [0.15, 0.2) is 12.4 Å². The van der Waals surface area contributed by atoms with Crippen molar-refractivity contribution in [2.75, 3.05) is 13.2 Å². The molecular formula is C10H14N2O2. The standard InChI is InChI=1S/C10H14N2O2/c1-8-6-11-10(12-7-8)14-9-2-4-13-5-3-9/h6-7,9H,2-5H2,1H3. The van der Waals surface area contributed by atoms with Gasteiger partial charge in [0.1, 0.15) is 6.10 Å². The van der Waals surface area contributed by atoms with Gasteiger partial charge in [0.05, 0.1) is 13.2 Å². The Morgan fingerprint density at radius 1 is 1.29 bits per heavy atom. The van der Waals surface area contributed by atoms with Crippen LogP contribution >= 0.6 is 0 Å². The van der Waals surface area contributed by atoms with Crippen molar-refractivity contribution in [3.05, 3.63) is 18.0 Å². The van der Waals surface area contributed by atoms with Crippen molar-refractivity contribution >= 4 is 0 Å². The van der Waals surface area contributed by atoms with E-state index in [-0.39, 0.29) is 6.10 Å². The average Bonchev–Trinajstić information content (AvgIpc) is 2.23. The van der Waals surface area contributed by atoms with Gasteiger partial charge in [-0.15, -0.1) is 0 Å². The molecule has 0 saturated carbocycles. The van der Waals surface area contributed by atoms with E-state index in [0.29, 0.717) is 6.01 Å². The van der Waals surface area contributed by atoms with Crippen molar-refractivity contribution in [2.45, 2.75) is 25.9 Å². The molecule has 0 N–H and O–H groups in total. The summed E-state index contributed by atoms with van der Waals surface area (Å²) < 4.78 is 10.8. The molecule has 0 unspecified atom stereocenters. The molecule has 76 valence electrons. The summed E-state index contributed by atoms with van der Waals surface area (Å²) in [5, 5.41) is 0. The van der Waals surface area contributed by atoms with Crippen molar-refractivity contribution in [1.82, 2.24) is 9.97 Å². The van der Waals surface area contributed by atoms with Crippen molar-refractivity contribution in [3.8, 4) is 6.01 Å². The highest BCUT2D eigenvalue weighted by atomic mass is 16.5. The molecule has 0 radical (unpaired) electrons. The van der Waals surface area contributed by atoms with Crippen LogP contribution in [0.2, 0.25) is 0 Å². The summed E-state index contributed by atoms with van der Waals surface area (Å²) in [5.74, 6) is 0. The van der Waals surface area contributed by atoms with Gasteiger partial charge in [0.15, 0.2) is 0 Å². The normalized spacial score (nSPS) is 18.1. The third-order valence-corrected chi connectivity index (χ3v) is 2.20. The lowest BCUT2D eigenvalue weighted by atomic mass is 10.2. The zero-order chi connectivity index (χ0) is 9.80. The van der Waals surface area contributed by atoms with E-state index in [1.165, 1.54) is 0 Å². The maximum Gasteiger partial charge on any atom is 0.316 e. The molecule has 1 saturated heterocycles. The summed E-state index contributed by atoms with van der Waals surface area (Å²) >= 11 is 0. The average molecular weight is 194 g/mol. The van der Waals surface area contributed by atoms with E-state index in [2.05, 4.69) is 9.97 Å². The first-order chi connectivity index (χ1) is 6.84. The fourth-order valence-electron chi connectivity index (χ4n) is 1.38. The van der Waals surface area contributed by atoms with Gasteiger partial charge in [0, 0.05) is 25.2 Å². The lowest BCUT2D eigenvalue weighted by Gasteiger charge is -2.21. The molecule has 4 nitrogen and oxygen atoms in total. The molecular weight excluding hydrogens is 180 g/mol. The number of rotatable bonds is 2. The number of nitrogens with zero attached hydrogens (tertiary/aromatic N) is 2. The Kier molecular flexibility index (Phi) is 2.93. The predicted molar refractivity (Wildman–Crippen MR) is 51.2 cm³/mol. The van der Waals surface area contributed by atoms with Crippen LogP contribution in [0.25, 0.3) is 0 Å². The van der Waals surface area contributed by atoms with E-state index in [0.717, 1.165) is 31.6 Å². The van der Waals surface area contributed by atoms with Crippen LogP contribution in [-0.2, 0) is 4.74 Å². The fourth-order valence-corrected chi connectivity index (χ4v) is 1.38. The second-order valence-electron chi connectivity index (χ2n) is 3.47. The van der Waals surface area contributed by atoms with Crippen LogP contribution in [-0.4, -0.2) is 29.3 Å². The smallest absolute Gasteiger partial charge is 0.316 e. The molecule has 4 heteroatoms. The maximum absolute atomic E-state index is 5.61. The summed E-state index contributed by atoms with van der Waals surface area (Å²) in [6.45, 7) is 3.51. The third kappa shape index (κ3) is 2.42. The molecule has 0 aliphatic carbocycles. The number of aryl methyl sites for hydroxylation is 1. The second kappa shape index (κ2) is 4.37. The van der Waals surface area contributed by atoms with Crippen LogP contribution in [0.5, 0.6) is 6.01 Å². The van der Waals surface area contributed by atoms with Gasteiger partial charge >= 0.3 is 6.01 Å². The molecule has 14 heavy (non-hydrogen) atoms. The number of aromatic nitrogens is 2. The van der Waals surface area contributed by atoms with Crippen LogP contribution in [0.1, 0.15) is 18.4 Å². The Morgan fingerprint density at radius 3 is 2.57 bits per heavy atom. The summed E-state index contributed by atoms with van der Waals surface area (Å²) in [5.41, 5.74) is 1.05. The summed E-state index contributed by atoms with van der Waals surface area (Å²) in [7, 11) is 0. The van der Waals surface area contributed by atoms with E-state index in [1.807, 2.05) is 6.92 Å². The molecule has 1 aromatic heterocycles. The molecule has 2 rings (SSSR count). The fraction of sp³-hybridized carbons (Fsp3) is 0.600. The molecule has 0 bridgehead atoms. The van der Waals surface area contributed by atoms with Crippen molar-refractivity contribution in [3.63, 3.8) is 0 Å². The second-order valence-corrected chi connectivity index (χ2v) is 3.47. The molecule has 1 fully saturated rings. The van der Waals surface area contributed by atoms with E-state index >= 15 is 0 Å². The first kappa shape index (κ1) is 9.40. The number of ether oxygens (including phenoxy) is 2. The molecule has 1 aliphatic rings.